The van der Waals surface area contributed by atoms with Crippen molar-refractivity contribution in [1.29, 1.82) is 0 Å². The molecule has 0 N–H and O–H groups in total. The number of carbonyl (C=O) groups excluding carboxylic acids is 1. The lowest BCUT2D eigenvalue weighted by Gasteiger charge is -2.26. The summed E-state index contributed by atoms with van der Waals surface area (Å²) >= 11 is 6.52. The Morgan fingerprint density at radius 2 is 1.83 bits per heavy atom. The molecule has 1 unspecified atom stereocenters. The Balaban J connectivity index is 1.75. The van der Waals surface area contributed by atoms with Crippen molar-refractivity contribution in [3.63, 3.8) is 0 Å². The van der Waals surface area contributed by atoms with Crippen LogP contribution >= 0.6 is 11.6 Å². The van der Waals surface area contributed by atoms with Crippen LogP contribution in [0, 0.1) is 5.82 Å². The van der Waals surface area contributed by atoms with E-state index in [1.807, 2.05) is 48.7 Å². The summed E-state index contributed by atoms with van der Waals surface area (Å²) in [6.07, 6.45) is 2.69. The molecule has 0 saturated heterocycles. The molecule has 0 saturated carbocycles. The van der Waals surface area contributed by atoms with Gasteiger partial charge in [-0.3, -0.25) is 4.79 Å². The van der Waals surface area contributed by atoms with Crippen LogP contribution in [-0.4, -0.2) is 35.6 Å². The fourth-order valence-electron chi connectivity index (χ4n) is 3.32. The van der Waals surface area contributed by atoms with Gasteiger partial charge in [-0.2, -0.15) is 0 Å². The molecular formula is C24H26ClFN2O2. The van der Waals surface area contributed by atoms with Gasteiger partial charge in [-0.1, -0.05) is 42.5 Å². The number of hydrogen-bond acceptors (Lipinski definition) is 2. The molecular weight excluding hydrogens is 403 g/mol. The summed E-state index contributed by atoms with van der Waals surface area (Å²) in [4.78, 5) is 15.0. The standard InChI is InChI=1S/C24H26ClFN2O2/c1-30-16-6-15-28(24(29)23(25)20-7-3-2-4-8-20)18-22-9-5-14-27(22)17-19-10-12-21(26)13-11-19/h2-5,7-14,23H,6,15-18H2,1H3. The monoisotopic (exact) mass is 428 g/mol. The number of hydrogen-bond donors (Lipinski definition) is 0. The minimum atomic E-state index is -0.741. The molecule has 0 spiro atoms. The van der Waals surface area contributed by atoms with Crippen LogP contribution in [0.4, 0.5) is 4.39 Å². The Morgan fingerprint density at radius 3 is 2.53 bits per heavy atom. The van der Waals surface area contributed by atoms with Crippen molar-refractivity contribution in [1.82, 2.24) is 9.47 Å². The normalized spacial score (nSPS) is 12.0. The summed E-state index contributed by atoms with van der Waals surface area (Å²) in [5, 5.41) is -0.741. The van der Waals surface area contributed by atoms with Crippen molar-refractivity contribution in [2.24, 2.45) is 0 Å². The van der Waals surface area contributed by atoms with Crippen LogP contribution in [0.2, 0.25) is 0 Å². The van der Waals surface area contributed by atoms with Crippen LogP contribution < -0.4 is 0 Å². The number of halogens is 2. The Bertz CT molecular complexity index is 928. The number of carbonyl (C=O) groups is 1. The average molecular weight is 429 g/mol. The van der Waals surface area contributed by atoms with Crippen molar-refractivity contribution in [2.45, 2.75) is 24.9 Å². The molecule has 0 bridgehead atoms. The minimum absolute atomic E-state index is 0.131. The molecule has 0 aliphatic heterocycles. The summed E-state index contributed by atoms with van der Waals surface area (Å²) < 4.78 is 20.4. The molecule has 1 amide bonds. The van der Waals surface area contributed by atoms with E-state index in [4.69, 9.17) is 16.3 Å². The van der Waals surface area contributed by atoms with E-state index in [1.54, 1.807) is 24.1 Å². The number of ether oxygens (including phenoxy) is 1. The molecule has 2 aromatic carbocycles. The quantitative estimate of drug-likeness (QED) is 0.335. The summed E-state index contributed by atoms with van der Waals surface area (Å²) in [6.45, 7) is 2.15. The Labute approximate surface area is 181 Å². The van der Waals surface area contributed by atoms with Crippen LogP contribution in [0.5, 0.6) is 0 Å². The zero-order valence-corrected chi connectivity index (χ0v) is 17.8. The van der Waals surface area contributed by atoms with Gasteiger partial charge in [0.2, 0.25) is 5.91 Å². The molecule has 4 nitrogen and oxygen atoms in total. The highest BCUT2D eigenvalue weighted by Gasteiger charge is 2.24. The maximum atomic E-state index is 13.2. The van der Waals surface area contributed by atoms with Crippen molar-refractivity contribution in [3.05, 3.63) is 95.6 Å². The average Bonchev–Trinajstić information content (AvgIpc) is 3.21. The van der Waals surface area contributed by atoms with Crippen molar-refractivity contribution in [2.75, 3.05) is 20.3 Å². The van der Waals surface area contributed by atoms with E-state index in [9.17, 15) is 9.18 Å². The maximum absolute atomic E-state index is 13.2. The van der Waals surface area contributed by atoms with Gasteiger partial charge in [0.1, 0.15) is 11.2 Å². The number of nitrogens with zero attached hydrogens (tertiary/aromatic N) is 2. The smallest absolute Gasteiger partial charge is 0.245 e. The van der Waals surface area contributed by atoms with Crippen LogP contribution in [0.1, 0.15) is 28.6 Å². The number of rotatable bonds is 10. The predicted molar refractivity (Wildman–Crippen MR) is 117 cm³/mol. The lowest BCUT2D eigenvalue weighted by molar-refractivity contribution is -0.131. The van der Waals surface area contributed by atoms with Gasteiger partial charge in [-0.15, -0.1) is 11.6 Å². The Hall–Kier alpha value is -2.63. The number of methoxy groups -OCH3 is 1. The van der Waals surface area contributed by atoms with E-state index in [1.165, 1.54) is 12.1 Å². The van der Waals surface area contributed by atoms with Gasteiger partial charge in [-0.25, -0.2) is 4.39 Å². The molecule has 3 rings (SSSR count). The first-order valence-corrected chi connectivity index (χ1v) is 10.4. The van der Waals surface area contributed by atoms with Crippen molar-refractivity contribution >= 4 is 17.5 Å². The van der Waals surface area contributed by atoms with Gasteiger partial charge in [0, 0.05) is 38.7 Å². The molecule has 0 radical (unpaired) electrons. The largest absolute Gasteiger partial charge is 0.385 e. The lowest BCUT2D eigenvalue weighted by Crippen LogP contribution is -2.35. The summed E-state index contributed by atoms with van der Waals surface area (Å²) in [7, 11) is 1.65. The molecule has 0 aliphatic carbocycles. The Morgan fingerprint density at radius 1 is 1.10 bits per heavy atom. The second-order valence-electron chi connectivity index (χ2n) is 7.13. The molecule has 0 aliphatic rings. The molecule has 1 heterocycles. The van der Waals surface area contributed by atoms with Gasteiger partial charge in [0.15, 0.2) is 0 Å². The van der Waals surface area contributed by atoms with Crippen LogP contribution in [0.15, 0.2) is 72.9 Å². The number of benzene rings is 2. The van der Waals surface area contributed by atoms with Gasteiger partial charge < -0.3 is 14.2 Å². The molecule has 158 valence electrons. The zero-order chi connectivity index (χ0) is 21.3. The van der Waals surface area contributed by atoms with Gasteiger partial charge in [0.05, 0.1) is 6.54 Å². The third-order valence-electron chi connectivity index (χ3n) is 4.94. The minimum Gasteiger partial charge on any atom is -0.385 e. The van der Waals surface area contributed by atoms with E-state index in [0.717, 1.165) is 23.2 Å². The highest BCUT2D eigenvalue weighted by molar-refractivity contribution is 6.30. The summed E-state index contributed by atoms with van der Waals surface area (Å²) in [5.74, 6) is -0.385. The first-order valence-electron chi connectivity index (χ1n) is 9.93. The molecule has 3 aromatic rings. The van der Waals surface area contributed by atoms with Crippen LogP contribution in [0.3, 0.4) is 0 Å². The summed E-state index contributed by atoms with van der Waals surface area (Å²) in [6, 6.07) is 19.8. The summed E-state index contributed by atoms with van der Waals surface area (Å²) in [5.41, 5.74) is 2.76. The maximum Gasteiger partial charge on any atom is 0.245 e. The third-order valence-corrected chi connectivity index (χ3v) is 5.38. The van der Waals surface area contributed by atoms with Crippen LogP contribution in [-0.2, 0) is 22.6 Å². The Kier molecular flexibility index (Phi) is 8.05. The predicted octanol–water partition coefficient (Wildman–Crippen LogP) is 5.02. The fraction of sp³-hybridized carbons (Fsp3) is 0.292. The molecule has 30 heavy (non-hydrogen) atoms. The number of alkyl halides is 1. The SMILES string of the molecule is COCCCN(Cc1cccn1Cc1ccc(F)cc1)C(=O)C(Cl)c1ccccc1. The third kappa shape index (κ3) is 5.94. The molecule has 1 aromatic heterocycles. The van der Waals surface area contributed by atoms with E-state index < -0.39 is 5.38 Å². The second-order valence-corrected chi connectivity index (χ2v) is 7.57. The van der Waals surface area contributed by atoms with Gasteiger partial charge in [0.25, 0.3) is 0 Å². The number of aromatic nitrogens is 1. The highest BCUT2D eigenvalue weighted by atomic mass is 35.5. The molecule has 1 atom stereocenters. The first kappa shape index (κ1) is 22.1. The van der Waals surface area contributed by atoms with E-state index >= 15 is 0 Å². The van der Waals surface area contributed by atoms with Crippen LogP contribution in [0.25, 0.3) is 0 Å². The van der Waals surface area contributed by atoms with E-state index in [2.05, 4.69) is 4.57 Å². The zero-order valence-electron chi connectivity index (χ0n) is 17.0. The fourth-order valence-corrected chi connectivity index (χ4v) is 3.60. The van der Waals surface area contributed by atoms with E-state index in [-0.39, 0.29) is 11.7 Å². The molecule has 6 heteroatoms. The topological polar surface area (TPSA) is 34.5 Å². The van der Waals surface area contributed by atoms with Crippen molar-refractivity contribution in [3.8, 4) is 0 Å². The van der Waals surface area contributed by atoms with Crippen molar-refractivity contribution < 1.29 is 13.9 Å². The molecule has 0 fully saturated rings. The van der Waals surface area contributed by atoms with E-state index in [0.29, 0.717) is 26.2 Å². The first-order chi connectivity index (χ1) is 14.6. The highest BCUT2D eigenvalue weighted by Crippen LogP contribution is 2.24. The second kappa shape index (κ2) is 11.0. The van der Waals surface area contributed by atoms with Gasteiger partial charge >= 0.3 is 0 Å². The number of amides is 1. The van der Waals surface area contributed by atoms with Gasteiger partial charge in [-0.05, 0) is 41.8 Å². The lowest BCUT2D eigenvalue weighted by atomic mass is 10.1.